The minimum absolute atomic E-state index is 0.0698. The van der Waals surface area contributed by atoms with E-state index in [1.54, 1.807) is 50.5 Å². The molecule has 8 rings (SSSR count). The van der Waals surface area contributed by atoms with E-state index in [1.165, 1.54) is 51.4 Å². The van der Waals surface area contributed by atoms with Gasteiger partial charge in [0.2, 0.25) is 0 Å². The molecule has 1 heteroatoms. The summed E-state index contributed by atoms with van der Waals surface area (Å²) in [4.78, 5) is 0. The van der Waals surface area contributed by atoms with Crippen LogP contribution in [0.2, 0.25) is 0 Å². The second-order valence-electron chi connectivity index (χ2n) is 15.3. The van der Waals surface area contributed by atoms with Crippen LogP contribution in [0.25, 0.3) is 0 Å². The van der Waals surface area contributed by atoms with Gasteiger partial charge >= 0.3 is 0 Å². The van der Waals surface area contributed by atoms with Gasteiger partial charge < -0.3 is 5.11 Å². The predicted octanol–water partition coefficient (Wildman–Crippen LogP) is 8.31. The number of fused-ring (bicyclic) bond motifs is 5. The van der Waals surface area contributed by atoms with Crippen LogP contribution in [0.3, 0.4) is 0 Å². The van der Waals surface area contributed by atoms with Crippen LogP contribution in [-0.2, 0) is 0 Å². The molecule has 0 radical (unpaired) electrons. The third-order valence-electron chi connectivity index (χ3n) is 13.7. The molecule has 0 aliphatic heterocycles. The van der Waals surface area contributed by atoms with Crippen LogP contribution in [0, 0.1) is 57.7 Å². The van der Waals surface area contributed by atoms with Crippen LogP contribution in [-0.4, -0.2) is 11.2 Å². The molecule has 8 aliphatic rings. The Morgan fingerprint density at radius 3 is 2.33 bits per heavy atom. The molecule has 184 valence electrons. The molecule has 0 aromatic heterocycles. The summed E-state index contributed by atoms with van der Waals surface area (Å²) in [6, 6.07) is 0. The second-order valence-corrected chi connectivity index (χ2v) is 15.3. The molecule has 0 amide bonds. The van der Waals surface area contributed by atoms with Crippen molar-refractivity contribution >= 4 is 0 Å². The summed E-state index contributed by atoms with van der Waals surface area (Å²) >= 11 is 0. The van der Waals surface area contributed by atoms with E-state index in [1.807, 2.05) is 0 Å². The quantitative estimate of drug-likeness (QED) is 0.427. The highest BCUT2D eigenvalue weighted by atomic mass is 16.3. The van der Waals surface area contributed by atoms with E-state index in [9.17, 15) is 5.11 Å². The fourth-order valence-electron chi connectivity index (χ4n) is 12.5. The largest absolute Gasteiger partial charge is 0.393 e. The highest BCUT2D eigenvalue weighted by Crippen LogP contribution is 2.67. The molecule has 33 heavy (non-hydrogen) atoms. The predicted molar refractivity (Wildman–Crippen MR) is 136 cm³/mol. The van der Waals surface area contributed by atoms with Crippen molar-refractivity contribution < 1.29 is 5.11 Å². The summed E-state index contributed by atoms with van der Waals surface area (Å²) in [7, 11) is 0. The topological polar surface area (TPSA) is 20.2 Å². The molecular formula is C32H50O. The van der Waals surface area contributed by atoms with Crippen LogP contribution in [0.1, 0.15) is 123 Å². The zero-order chi connectivity index (χ0) is 22.4. The van der Waals surface area contributed by atoms with E-state index in [2.05, 4.69) is 19.9 Å². The van der Waals surface area contributed by atoms with Gasteiger partial charge in [-0.2, -0.15) is 0 Å². The monoisotopic (exact) mass is 450 g/mol. The van der Waals surface area contributed by atoms with Crippen molar-refractivity contribution in [2.45, 2.75) is 129 Å². The molecule has 0 aromatic carbocycles. The van der Waals surface area contributed by atoms with E-state index in [-0.39, 0.29) is 6.10 Å². The molecule has 4 bridgehead atoms. The number of rotatable bonds is 4. The standard InChI is InChI=1S/C32H50O/c1-30-13-10-29-27(7-5-25-17-26(33)9-12-31(25,29)2)28(30)8-6-24(30)4-3-11-32-18-21-14-22(19-32)16-23(15-21)20-32/h5,21-24,26-29,33H,3-4,6-20H2,1-2H3. The van der Waals surface area contributed by atoms with Crippen molar-refractivity contribution in [3.63, 3.8) is 0 Å². The van der Waals surface area contributed by atoms with Crippen LogP contribution in [0.5, 0.6) is 0 Å². The first-order valence-electron chi connectivity index (χ1n) is 15.2. The smallest absolute Gasteiger partial charge is 0.0577 e. The number of hydrogen-bond acceptors (Lipinski definition) is 1. The number of aliphatic hydroxyl groups excluding tert-OH is 1. The van der Waals surface area contributed by atoms with E-state index in [0.29, 0.717) is 10.8 Å². The van der Waals surface area contributed by atoms with Gasteiger partial charge in [-0.3, -0.25) is 0 Å². The van der Waals surface area contributed by atoms with Crippen molar-refractivity contribution in [1.29, 1.82) is 0 Å². The minimum Gasteiger partial charge on any atom is -0.393 e. The maximum absolute atomic E-state index is 10.3. The average Bonchev–Trinajstić information content (AvgIpc) is 3.10. The van der Waals surface area contributed by atoms with Crippen LogP contribution in [0.15, 0.2) is 11.6 Å². The first kappa shape index (κ1) is 21.9. The summed E-state index contributed by atoms with van der Waals surface area (Å²) in [6.07, 6.45) is 27.4. The zero-order valence-corrected chi connectivity index (χ0v) is 21.7. The summed E-state index contributed by atoms with van der Waals surface area (Å²) in [5.41, 5.74) is 3.45. The molecule has 7 saturated carbocycles. The maximum atomic E-state index is 10.3. The lowest BCUT2D eigenvalue weighted by atomic mass is 9.47. The van der Waals surface area contributed by atoms with Crippen LogP contribution in [0.4, 0.5) is 0 Å². The van der Waals surface area contributed by atoms with Gasteiger partial charge in [-0.25, -0.2) is 0 Å². The third kappa shape index (κ3) is 3.33. The lowest BCUT2D eigenvalue weighted by Gasteiger charge is -2.58. The fourth-order valence-corrected chi connectivity index (χ4v) is 12.5. The molecule has 0 aromatic rings. The van der Waals surface area contributed by atoms with E-state index < -0.39 is 0 Å². The molecule has 7 unspecified atom stereocenters. The first-order chi connectivity index (χ1) is 15.9. The Kier molecular flexibility index (Phi) is 5.05. The Balaban J connectivity index is 1.02. The van der Waals surface area contributed by atoms with Crippen molar-refractivity contribution in [1.82, 2.24) is 0 Å². The van der Waals surface area contributed by atoms with Crippen molar-refractivity contribution in [2.75, 3.05) is 0 Å². The number of hydrogen-bond donors (Lipinski definition) is 1. The van der Waals surface area contributed by atoms with Crippen LogP contribution < -0.4 is 0 Å². The third-order valence-corrected chi connectivity index (χ3v) is 13.7. The van der Waals surface area contributed by atoms with Gasteiger partial charge in [-0.1, -0.05) is 31.9 Å². The van der Waals surface area contributed by atoms with Crippen molar-refractivity contribution in [3.8, 4) is 0 Å². The Labute approximate surface area is 203 Å². The van der Waals surface area contributed by atoms with Gasteiger partial charge in [0.15, 0.2) is 0 Å². The Bertz CT molecular complexity index is 774. The van der Waals surface area contributed by atoms with Crippen molar-refractivity contribution in [2.24, 2.45) is 57.7 Å². The lowest BCUT2D eigenvalue weighted by molar-refractivity contribution is -0.0633. The van der Waals surface area contributed by atoms with Gasteiger partial charge in [0.25, 0.3) is 0 Å². The highest BCUT2D eigenvalue weighted by molar-refractivity contribution is 5.25. The molecule has 0 heterocycles. The SMILES string of the molecule is CC12CCC(O)CC1=CCC1C2CCC2(C)C(CCCC34CC5CC(CC(C5)C3)C4)CCC12. The van der Waals surface area contributed by atoms with Crippen LogP contribution >= 0.6 is 0 Å². The first-order valence-corrected chi connectivity index (χ1v) is 15.2. The minimum atomic E-state index is -0.0698. The zero-order valence-electron chi connectivity index (χ0n) is 21.7. The van der Waals surface area contributed by atoms with E-state index >= 15 is 0 Å². The average molecular weight is 451 g/mol. The Morgan fingerprint density at radius 2 is 1.61 bits per heavy atom. The molecule has 7 atom stereocenters. The number of aliphatic hydroxyl groups is 1. The van der Waals surface area contributed by atoms with Crippen molar-refractivity contribution in [3.05, 3.63) is 11.6 Å². The lowest BCUT2D eigenvalue weighted by Crippen LogP contribution is -2.50. The Hall–Kier alpha value is -0.300. The van der Waals surface area contributed by atoms with Gasteiger partial charge in [0, 0.05) is 0 Å². The second kappa shape index (κ2) is 7.60. The Morgan fingerprint density at radius 1 is 0.879 bits per heavy atom. The summed E-state index contributed by atoms with van der Waals surface area (Å²) < 4.78 is 0. The summed E-state index contributed by atoms with van der Waals surface area (Å²) in [5.74, 6) is 7.16. The molecule has 1 N–H and O–H groups in total. The molecule has 8 aliphatic carbocycles. The molecular weight excluding hydrogens is 400 g/mol. The highest BCUT2D eigenvalue weighted by Gasteiger charge is 2.58. The van der Waals surface area contributed by atoms with Gasteiger partial charge in [0.1, 0.15) is 0 Å². The molecule has 7 fully saturated rings. The summed E-state index contributed by atoms with van der Waals surface area (Å²) in [5, 5.41) is 10.3. The molecule has 0 saturated heterocycles. The van der Waals surface area contributed by atoms with Gasteiger partial charge in [-0.05, 0) is 160 Å². The normalized spacial score (nSPS) is 56.8. The van der Waals surface area contributed by atoms with Gasteiger partial charge in [0.05, 0.1) is 6.10 Å². The fraction of sp³-hybridized carbons (Fsp3) is 0.938. The maximum Gasteiger partial charge on any atom is 0.0577 e. The summed E-state index contributed by atoms with van der Waals surface area (Å²) in [6.45, 7) is 5.32. The van der Waals surface area contributed by atoms with E-state index in [0.717, 1.165) is 59.7 Å². The van der Waals surface area contributed by atoms with Gasteiger partial charge in [-0.15, -0.1) is 0 Å². The molecule has 1 nitrogen and oxygen atoms in total. The number of allylic oxidation sites excluding steroid dienone is 1. The molecule has 0 spiro atoms. The van der Waals surface area contributed by atoms with E-state index in [4.69, 9.17) is 0 Å².